The van der Waals surface area contributed by atoms with Gasteiger partial charge in [0.1, 0.15) is 12.6 Å². The molecule has 0 saturated carbocycles. The number of benzene rings is 1. The number of para-hydroxylation sites is 1. The van der Waals surface area contributed by atoms with Gasteiger partial charge in [0, 0.05) is 0 Å². The number of nitro groups is 1. The fourth-order valence-corrected chi connectivity index (χ4v) is 1.76. The highest BCUT2D eigenvalue weighted by Crippen LogP contribution is 2.14. The van der Waals surface area contributed by atoms with Gasteiger partial charge in [0.25, 0.3) is 0 Å². The minimum Gasteiger partial charge on any atom is -0.358 e. The van der Waals surface area contributed by atoms with E-state index in [1.807, 2.05) is 6.07 Å². The average molecular weight is 285 g/mol. The van der Waals surface area contributed by atoms with Gasteiger partial charge in [-0.3, -0.25) is 4.79 Å². The van der Waals surface area contributed by atoms with Gasteiger partial charge in [-0.15, -0.1) is 4.68 Å². The highest BCUT2D eigenvalue weighted by atomic mass is 16.6. The summed E-state index contributed by atoms with van der Waals surface area (Å²) in [5.74, 6) is -0.511. The van der Waals surface area contributed by atoms with E-state index >= 15 is 0 Å². The van der Waals surface area contributed by atoms with Crippen LogP contribution in [0.2, 0.25) is 0 Å². The molecule has 106 valence electrons. The topological polar surface area (TPSA) is 114 Å². The van der Waals surface area contributed by atoms with Crippen LogP contribution in [0.5, 0.6) is 0 Å². The van der Waals surface area contributed by atoms with E-state index in [4.69, 9.17) is 5.26 Å². The highest BCUT2D eigenvalue weighted by molar-refractivity contribution is 5.92. The zero-order valence-corrected chi connectivity index (χ0v) is 10.9. The standard InChI is InChI=1S/C13H11N5O3/c14-9-10-3-1-2-4-11(10)16-12(19)6-8-17-13(18(20)21)5-7-15-17/h1-5,7H,6,8H2,(H,16,19). The summed E-state index contributed by atoms with van der Waals surface area (Å²) in [6.07, 6.45) is 1.32. The summed E-state index contributed by atoms with van der Waals surface area (Å²) in [6.45, 7) is 0.0872. The lowest BCUT2D eigenvalue weighted by Gasteiger charge is -2.06. The Kier molecular flexibility index (Phi) is 4.26. The molecule has 1 heterocycles. The number of hydrogen-bond acceptors (Lipinski definition) is 5. The Morgan fingerprint density at radius 3 is 2.90 bits per heavy atom. The molecule has 1 aromatic heterocycles. The van der Waals surface area contributed by atoms with Crippen molar-refractivity contribution in [2.75, 3.05) is 5.32 Å². The van der Waals surface area contributed by atoms with Gasteiger partial charge in [0.15, 0.2) is 0 Å². The van der Waals surface area contributed by atoms with Crippen LogP contribution in [0.1, 0.15) is 12.0 Å². The number of carbonyl (C=O) groups excluding carboxylic acids is 1. The molecule has 2 rings (SSSR count). The van der Waals surface area contributed by atoms with Crippen molar-refractivity contribution in [3.8, 4) is 6.07 Å². The van der Waals surface area contributed by atoms with Crippen LogP contribution in [-0.2, 0) is 11.3 Å². The SMILES string of the molecule is N#Cc1ccccc1NC(=O)CCn1nccc1[N+](=O)[O-]. The van der Waals surface area contributed by atoms with Crippen molar-refractivity contribution in [3.63, 3.8) is 0 Å². The van der Waals surface area contributed by atoms with E-state index in [0.717, 1.165) is 4.68 Å². The van der Waals surface area contributed by atoms with Gasteiger partial charge in [-0.2, -0.15) is 5.26 Å². The summed E-state index contributed by atoms with van der Waals surface area (Å²) < 4.78 is 1.15. The van der Waals surface area contributed by atoms with Gasteiger partial charge < -0.3 is 15.4 Å². The largest absolute Gasteiger partial charge is 0.358 e. The summed E-state index contributed by atoms with van der Waals surface area (Å²) in [5.41, 5.74) is 0.774. The lowest BCUT2D eigenvalue weighted by molar-refractivity contribution is -0.392. The van der Waals surface area contributed by atoms with Crippen molar-refractivity contribution in [2.45, 2.75) is 13.0 Å². The van der Waals surface area contributed by atoms with Gasteiger partial charge in [-0.25, -0.2) is 0 Å². The number of nitrogens with zero attached hydrogens (tertiary/aromatic N) is 4. The predicted molar refractivity (Wildman–Crippen MR) is 73.3 cm³/mol. The molecule has 0 bridgehead atoms. The van der Waals surface area contributed by atoms with Crippen molar-refractivity contribution in [2.24, 2.45) is 0 Å². The molecule has 21 heavy (non-hydrogen) atoms. The van der Waals surface area contributed by atoms with Crippen LogP contribution in [-0.4, -0.2) is 20.6 Å². The fourth-order valence-electron chi connectivity index (χ4n) is 1.76. The molecule has 0 fully saturated rings. The summed E-state index contributed by atoms with van der Waals surface area (Å²) in [7, 11) is 0. The van der Waals surface area contributed by atoms with Crippen LogP contribution < -0.4 is 5.32 Å². The Balaban J connectivity index is 1.98. The number of aromatic nitrogens is 2. The summed E-state index contributed by atoms with van der Waals surface area (Å²) >= 11 is 0. The molecule has 0 spiro atoms. The van der Waals surface area contributed by atoms with Crippen molar-refractivity contribution in [1.82, 2.24) is 9.78 Å². The molecule has 0 aliphatic rings. The number of hydrogen-bond donors (Lipinski definition) is 1. The Labute approximate surface area is 119 Å². The summed E-state index contributed by atoms with van der Waals surface area (Å²) in [5, 5.41) is 26.0. The van der Waals surface area contributed by atoms with Crippen molar-refractivity contribution < 1.29 is 9.72 Å². The van der Waals surface area contributed by atoms with Crippen LogP contribution in [0.4, 0.5) is 11.5 Å². The first-order valence-electron chi connectivity index (χ1n) is 6.07. The third kappa shape index (κ3) is 3.42. The lowest BCUT2D eigenvalue weighted by atomic mass is 10.2. The average Bonchev–Trinajstić information content (AvgIpc) is 2.94. The Morgan fingerprint density at radius 1 is 1.43 bits per heavy atom. The highest BCUT2D eigenvalue weighted by Gasteiger charge is 2.15. The predicted octanol–water partition coefficient (Wildman–Crippen LogP) is 1.69. The molecule has 8 heteroatoms. The van der Waals surface area contributed by atoms with Crippen LogP contribution in [0.25, 0.3) is 0 Å². The second-order valence-corrected chi connectivity index (χ2v) is 4.13. The fraction of sp³-hybridized carbons (Fsp3) is 0.154. The minimum absolute atomic E-state index is 0.0162. The van der Waals surface area contributed by atoms with E-state index < -0.39 is 4.92 Å². The van der Waals surface area contributed by atoms with Gasteiger partial charge in [-0.1, -0.05) is 17.2 Å². The molecule has 0 atom stereocenters. The van der Waals surface area contributed by atoms with E-state index in [-0.39, 0.29) is 24.7 Å². The summed E-state index contributed by atoms with van der Waals surface area (Å²) in [6, 6.07) is 9.85. The van der Waals surface area contributed by atoms with E-state index in [2.05, 4.69) is 10.4 Å². The number of amides is 1. The quantitative estimate of drug-likeness (QED) is 0.663. The number of nitrogens with one attached hydrogen (secondary N) is 1. The van der Waals surface area contributed by atoms with Crippen molar-refractivity contribution in [1.29, 1.82) is 5.26 Å². The van der Waals surface area contributed by atoms with Gasteiger partial charge in [0.05, 0.1) is 29.9 Å². The maximum absolute atomic E-state index is 11.8. The summed E-state index contributed by atoms with van der Waals surface area (Å²) in [4.78, 5) is 22.0. The minimum atomic E-state index is -0.560. The second kappa shape index (κ2) is 6.29. The molecule has 1 N–H and O–H groups in total. The van der Waals surface area contributed by atoms with E-state index in [9.17, 15) is 14.9 Å². The number of anilines is 1. The normalized spacial score (nSPS) is 9.86. The first-order valence-corrected chi connectivity index (χ1v) is 6.07. The van der Waals surface area contributed by atoms with E-state index in [0.29, 0.717) is 11.3 Å². The van der Waals surface area contributed by atoms with Gasteiger partial charge in [-0.05, 0) is 17.1 Å². The Bertz CT molecular complexity index is 717. The molecule has 0 aliphatic heterocycles. The molecule has 0 unspecified atom stereocenters. The molecule has 0 aliphatic carbocycles. The lowest BCUT2D eigenvalue weighted by Crippen LogP contribution is -2.16. The smallest absolute Gasteiger partial charge is 0.344 e. The Hall–Kier alpha value is -3.21. The molecule has 0 saturated heterocycles. The maximum atomic E-state index is 11.8. The number of nitriles is 1. The number of carbonyl (C=O) groups is 1. The Morgan fingerprint density at radius 2 is 2.19 bits per heavy atom. The zero-order chi connectivity index (χ0) is 15.2. The number of rotatable bonds is 5. The van der Waals surface area contributed by atoms with Crippen molar-refractivity contribution in [3.05, 3.63) is 52.2 Å². The molecular formula is C13H11N5O3. The van der Waals surface area contributed by atoms with Crippen LogP contribution in [0.15, 0.2) is 36.5 Å². The maximum Gasteiger partial charge on any atom is 0.344 e. The van der Waals surface area contributed by atoms with Gasteiger partial charge >= 0.3 is 5.82 Å². The van der Waals surface area contributed by atoms with Crippen LogP contribution >= 0.6 is 0 Å². The zero-order valence-electron chi connectivity index (χ0n) is 10.9. The van der Waals surface area contributed by atoms with Crippen LogP contribution in [0.3, 0.4) is 0 Å². The number of aryl methyl sites for hydroxylation is 1. The molecule has 1 aromatic carbocycles. The molecule has 8 nitrogen and oxygen atoms in total. The van der Waals surface area contributed by atoms with Crippen molar-refractivity contribution >= 4 is 17.4 Å². The molecular weight excluding hydrogens is 274 g/mol. The second-order valence-electron chi connectivity index (χ2n) is 4.13. The molecule has 0 radical (unpaired) electrons. The monoisotopic (exact) mass is 285 g/mol. The first-order chi connectivity index (χ1) is 10.1. The van der Waals surface area contributed by atoms with E-state index in [1.54, 1.807) is 24.3 Å². The third-order valence-corrected chi connectivity index (χ3v) is 2.75. The molecule has 2 aromatic rings. The van der Waals surface area contributed by atoms with Gasteiger partial charge in [0.2, 0.25) is 5.91 Å². The van der Waals surface area contributed by atoms with E-state index in [1.165, 1.54) is 12.3 Å². The van der Waals surface area contributed by atoms with Crippen LogP contribution in [0, 0.1) is 21.4 Å². The molecule has 1 amide bonds. The first kappa shape index (κ1) is 14.2. The third-order valence-electron chi connectivity index (χ3n) is 2.75.